The van der Waals surface area contributed by atoms with Crippen LogP contribution in [0.25, 0.3) is 44.6 Å². The summed E-state index contributed by atoms with van der Waals surface area (Å²) in [7, 11) is 0. The summed E-state index contributed by atoms with van der Waals surface area (Å²) < 4.78 is 0. The Morgan fingerprint density at radius 2 is 1.67 bits per heavy atom. The molecule has 1 N–H and O–H groups in total. The molecule has 1 aliphatic carbocycles. The highest BCUT2D eigenvalue weighted by atomic mass is 16.1. The van der Waals surface area contributed by atoms with Crippen LogP contribution in [0.4, 0.5) is 0 Å². The summed E-state index contributed by atoms with van der Waals surface area (Å²) in [6.07, 6.45) is 4.01. The number of fused-ring (bicyclic) bond motifs is 2. The molecule has 3 heterocycles. The first kappa shape index (κ1) is 17.0. The maximum Gasteiger partial charge on any atom is 0.209 e. The minimum atomic E-state index is -0.0820. The molecule has 6 rings (SSSR count). The molecule has 1 saturated carbocycles. The van der Waals surface area contributed by atoms with Crippen molar-refractivity contribution in [2.75, 3.05) is 0 Å². The van der Waals surface area contributed by atoms with E-state index >= 15 is 0 Å². The third-order valence-corrected chi connectivity index (χ3v) is 5.62. The van der Waals surface area contributed by atoms with Crippen LogP contribution in [0.3, 0.4) is 0 Å². The molecule has 5 nitrogen and oxygen atoms in total. The summed E-state index contributed by atoms with van der Waals surface area (Å²) in [6, 6.07) is 21.6. The van der Waals surface area contributed by atoms with Crippen LogP contribution >= 0.6 is 0 Å². The third-order valence-electron chi connectivity index (χ3n) is 5.62. The van der Waals surface area contributed by atoms with E-state index in [0.29, 0.717) is 22.8 Å². The first-order valence-corrected chi connectivity index (χ1v) is 10.1. The fourth-order valence-electron chi connectivity index (χ4n) is 3.91. The predicted molar refractivity (Wildman–Crippen MR) is 118 cm³/mol. The van der Waals surface area contributed by atoms with Crippen molar-refractivity contribution in [2.24, 2.45) is 0 Å². The predicted octanol–water partition coefficient (Wildman–Crippen LogP) is 5.08. The van der Waals surface area contributed by atoms with Gasteiger partial charge in [0, 0.05) is 34.5 Å². The van der Waals surface area contributed by atoms with E-state index in [4.69, 9.17) is 9.97 Å². The zero-order valence-electron chi connectivity index (χ0n) is 16.2. The summed E-state index contributed by atoms with van der Waals surface area (Å²) >= 11 is 0. The third kappa shape index (κ3) is 2.87. The number of nitrogens with one attached hydrogen (secondary N) is 1. The fourth-order valence-corrected chi connectivity index (χ4v) is 3.91. The van der Waals surface area contributed by atoms with Gasteiger partial charge in [0.15, 0.2) is 11.2 Å². The van der Waals surface area contributed by atoms with Gasteiger partial charge in [-0.05, 0) is 37.0 Å². The van der Waals surface area contributed by atoms with Crippen molar-refractivity contribution in [1.29, 1.82) is 0 Å². The molecule has 144 valence electrons. The zero-order chi connectivity index (χ0) is 20.1. The standard InChI is InChI=1S/C25H18N4O/c30-21-14-20(15-8-9-15)27-25-24(21)28-23(22(29-25)16-5-2-1-3-6-16)18-10-11-19-17(13-18)7-4-12-26-19/h1-7,10-15H,8-9H2,(H,27,29,30). The molecule has 0 aliphatic heterocycles. The Kier molecular flexibility index (Phi) is 3.74. The Labute approximate surface area is 172 Å². The van der Waals surface area contributed by atoms with E-state index in [2.05, 4.69) is 16.0 Å². The maximum atomic E-state index is 12.8. The molecule has 0 radical (unpaired) electrons. The van der Waals surface area contributed by atoms with E-state index in [1.807, 2.05) is 54.6 Å². The summed E-state index contributed by atoms with van der Waals surface area (Å²) in [5.41, 5.74) is 6.06. The second-order valence-electron chi connectivity index (χ2n) is 7.76. The van der Waals surface area contributed by atoms with E-state index in [9.17, 15) is 4.79 Å². The number of nitrogens with zero attached hydrogens (tertiary/aromatic N) is 3. The lowest BCUT2D eigenvalue weighted by Gasteiger charge is -2.12. The Hall–Kier alpha value is -3.86. The highest BCUT2D eigenvalue weighted by Gasteiger charge is 2.26. The molecule has 1 aliphatic rings. The van der Waals surface area contributed by atoms with Crippen molar-refractivity contribution < 1.29 is 0 Å². The van der Waals surface area contributed by atoms with Gasteiger partial charge in [-0.15, -0.1) is 0 Å². The van der Waals surface area contributed by atoms with Crippen molar-refractivity contribution >= 4 is 22.1 Å². The molecule has 0 spiro atoms. The van der Waals surface area contributed by atoms with Gasteiger partial charge in [0.05, 0.1) is 16.9 Å². The molecule has 30 heavy (non-hydrogen) atoms. The van der Waals surface area contributed by atoms with Crippen LogP contribution < -0.4 is 5.43 Å². The lowest BCUT2D eigenvalue weighted by Crippen LogP contribution is -2.09. The SMILES string of the molecule is O=c1cc(C2CC2)[nH]c2nc(-c3ccccc3)c(-c3ccc4ncccc4c3)nc12. The van der Waals surface area contributed by atoms with Gasteiger partial charge in [0.1, 0.15) is 0 Å². The molecular formula is C25H18N4O. The van der Waals surface area contributed by atoms with E-state index < -0.39 is 0 Å². The van der Waals surface area contributed by atoms with E-state index in [0.717, 1.165) is 46.3 Å². The second kappa shape index (κ2) is 6.59. The van der Waals surface area contributed by atoms with Crippen molar-refractivity contribution in [1.82, 2.24) is 19.9 Å². The normalized spacial score (nSPS) is 13.7. The Morgan fingerprint density at radius 1 is 0.833 bits per heavy atom. The lowest BCUT2D eigenvalue weighted by molar-refractivity contribution is 1.02. The Bertz CT molecular complexity index is 1470. The average molecular weight is 390 g/mol. The van der Waals surface area contributed by atoms with Crippen LogP contribution in [-0.2, 0) is 0 Å². The molecule has 0 saturated heterocycles. The molecule has 3 aromatic heterocycles. The van der Waals surface area contributed by atoms with Gasteiger partial charge < -0.3 is 4.98 Å². The molecule has 0 unspecified atom stereocenters. The van der Waals surface area contributed by atoms with Crippen molar-refractivity contribution in [3.8, 4) is 22.5 Å². The smallest absolute Gasteiger partial charge is 0.209 e. The van der Waals surface area contributed by atoms with Crippen LogP contribution in [0.5, 0.6) is 0 Å². The number of aromatic amines is 1. The van der Waals surface area contributed by atoms with Gasteiger partial charge in [-0.25, -0.2) is 9.97 Å². The van der Waals surface area contributed by atoms with Crippen LogP contribution in [0.15, 0.2) is 77.7 Å². The molecule has 0 atom stereocenters. The highest BCUT2D eigenvalue weighted by molar-refractivity contribution is 5.89. The molecule has 1 fully saturated rings. The van der Waals surface area contributed by atoms with Crippen molar-refractivity contribution in [3.63, 3.8) is 0 Å². The van der Waals surface area contributed by atoms with E-state index in [1.165, 1.54) is 0 Å². The monoisotopic (exact) mass is 390 g/mol. The first-order chi connectivity index (χ1) is 14.8. The summed E-state index contributed by atoms with van der Waals surface area (Å²) in [5.74, 6) is 0.441. The van der Waals surface area contributed by atoms with Crippen LogP contribution in [0.2, 0.25) is 0 Å². The molecule has 0 bridgehead atoms. The molecular weight excluding hydrogens is 372 g/mol. The number of rotatable bonds is 3. The van der Waals surface area contributed by atoms with E-state index in [1.54, 1.807) is 12.3 Å². The topological polar surface area (TPSA) is 71.5 Å². The first-order valence-electron chi connectivity index (χ1n) is 10.1. The minimum absolute atomic E-state index is 0.0820. The van der Waals surface area contributed by atoms with Crippen LogP contribution in [-0.4, -0.2) is 19.9 Å². The van der Waals surface area contributed by atoms with Crippen molar-refractivity contribution in [2.45, 2.75) is 18.8 Å². The molecule has 2 aromatic carbocycles. The van der Waals surface area contributed by atoms with Gasteiger partial charge in [-0.2, -0.15) is 0 Å². The fraction of sp³-hybridized carbons (Fsp3) is 0.120. The summed E-state index contributed by atoms with van der Waals surface area (Å²) in [5, 5.41) is 1.02. The van der Waals surface area contributed by atoms with Crippen molar-refractivity contribution in [3.05, 3.63) is 88.8 Å². The van der Waals surface area contributed by atoms with Gasteiger partial charge in [0.2, 0.25) is 5.43 Å². The highest BCUT2D eigenvalue weighted by Crippen LogP contribution is 2.39. The largest absolute Gasteiger partial charge is 0.341 e. The van der Waals surface area contributed by atoms with Crippen LogP contribution in [0, 0.1) is 0 Å². The van der Waals surface area contributed by atoms with Gasteiger partial charge >= 0.3 is 0 Å². The minimum Gasteiger partial charge on any atom is -0.341 e. The number of benzene rings is 2. The summed E-state index contributed by atoms with van der Waals surface area (Å²) in [4.78, 5) is 30.3. The number of pyridine rings is 2. The molecule has 5 heteroatoms. The maximum absolute atomic E-state index is 12.8. The number of hydrogen-bond acceptors (Lipinski definition) is 4. The van der Waals surface area contributed by atoms with E-state index in [-0.39, 0.29) is 5.43 Å². The Morgan fingerprint density at radius 3 is 2.50 bits per heavy atom. The quantitative estimate of drug-likeness (QED) is 0.466. The number of H-pyrrole nitrogens is 1. The zero-order valence-corrected chi connectivity index (χ0v) is 16.2. The van der Waals surface area contributed by atoms with Crippen LogP contribution in [0.1, 0.15) is 24.5 Å². The van der Waals surface area contributed by atoms with Gasteiger partial charge in [0.25, 0.3) is 0 Å². The number of aromatic nitrogens is 4. The summed E-state index contributed by atoms with van der Waals surface area (Å²) in [6.45, 7) is 0. The van der Waals surface area contributed by atoms with Gasteiger partial charge in [-0.1, -0.05) is 42.5 Å². The lowest BCUT2D eigenvalue weighted by atomic mass is 10.0. The molecule has 0 amide bonds. The Balaban J connectivity index is 1.65. The number of hydrogen-bond donors (Lipinski definition) is 1. The second-order valence-corrected chi connectivity index (χ2v) is 7.76. The van der Waals surface area contributed by atoms with Gasteiger partial charge in [-0.3, -0.25) is 9.78 Å². The molecule has 5 aromatic rings. The average Bonchev–Trinajstić information content (AvgIpc) is 3.64.